The molecule has 7 heavy (non-hydrogen) atoms. The molecule has 0 heterocycles. The Kier molecular flexibility index (Phi) is 7.33. The van der Waals surface area contributed by atoms with Gasteiger partial charge < -0.3 is 4.52 Å². The van der Waals surface area contributed by atoms with Crippen LogP contribution in [0.15, 0.2) is 0 Å². The molecule has 3 heteroatoms. The van der Waals surface area contributed by atoms with Gasteiger partial charge in [0.25, 0.3) is 0 Å². The zero-order chi connectivity index (χ0) is 5.54. The molecule has 0 aromatic carbocycles. The summed E-state index contributed by atoms with van der Waals surface area (Å²) in [4.78, 5) is 0. The van der Waals surface area contributed by atoms with E-state index in [4.69, 9.17) is 16.1 Å². The van der Waals surface area contributed by atoms with Crippen LogP contribution in [-0.4, -0.2) is 12.5 Å². The molecule has 46 valence electrons. The third-order valence-corrected chi connectivity index (χ3v) is 1.15. The molecule has 0 aliphatic carbocycles. The van der Waals surface area contributed by atoms with E-state index in [9.17, 15) is 0 Å². The lowest BCUT2D eigenvalue weighted by molar-refractivity contribution is 0.361. The van der Waals surface area contributed by atoms with Gasteiger partial charge in [-0.25, -0.2) is 0 Å². The number of hydrogen-bond acceptors (Lipinski definition) is 1. The maximum absolute atomic E-state index is 5.37. The molecule has 0 fully saturated rings. The van der Waals surface area contributed by atoms with Crippen LogP contribution in [-0.2, 0) is 4.52 Å². The van der Waals surface area contributed by atoms with Crippen LogP contribution in [0.5, 0.6) is 0 Å². The van der Waals surface area contributed by atoms with Gasteiger partial charge in [-0.1, -0.05) is 0 Å². The summed E-state index contributed by atoms with van der Waals surface area (Å²) in [7, 11) is 2.21. The van der Waals surface area contributed by atoms with Crippen LogP contribution in [0.3, 0.4) is 0 Å². The Morgan fingerprint density at radius 2 is 2.29 bits per heavy atom. The third-order valence-electron chi connectivity index (χ3n) is 0.646. The zero-order valence-corrected chi connectivity index (χ0v) is 6.10. The Morgan fingerprint density at radius 1 is 1.57 bits per heavy atom. The smallest absolute Gasteiger partial charge is 0.0502 e. The molecule has 0 amide bonds. The van der Waals surface area contributed by atoms with Crippen molar-refractivity contribution in [3.05, 3.63) is 0 Å². The van der Waals surface area contributed by atoms with Crippen molar-refractivity contribution >= 4 is 21.1 Å². The van der Waals surface area contributed by atoms with Crippen LogP contribution >= 0.6 is 21.1 Å². The summed E-state index contributed by atoms with van der Waals surface area (Å²) in [5, 5.41) is 0. The van der Waals surface area contributed by atoms with Gasteiger partial charge in [-0.2, -0.15) is 0 Å². The first-order valence-electron chi connectivity index (χ1n) is 2.29. The molecule has 0 aliphatic rings. The van der Waals surface area contributed by atoms with E-state index in [1.54, 1.807) is 0 Å². The second-order valence-corrected chi connectivity index (χ2v) is 1.98. The molecule has 0 spiro atoms. The molecule has 1 atom stereocenters. The molecule has 0 bridgehead atoms. The quantitative estimate of drug-likeness (QED) is 0.333. The van der Waals surface area contributed by atoms with Crippen LogP contribution in [0.1, 0.15) is 14.3 Å². The molecule has 0 saturated carbocycles. The SMILES string of the molecule is POCCCCCl.[3HH]. The van der Waals surface area contributed by atoms with Crippen molar-refractivity contribution in [2.75, 3.05) is 12.5 Å². The topological polar surface area (TPSA) is 9.23 Å². The summed E-state index contributed by atoms with van der Waals surface area (Å²) in [5.41, 5.74) is 0. The van der Waals surface area contributed by atoms with E-state index in [1.807, 2.05) is 0 Å². The van der Waals surface area contributed by atoms with Gasteiger partial charge in [-0.15, -0.1) is 11.6 Å². The normalized spacial score (nSPS) is 9.43. The van der Waals surface area contributed by atoms with Gasteiger partial charge in [0.1, 0.15) is 0 Å². The Labute approximate surface area is 53.2 Å². The minimum Gasteiger partial charge on any atom is -0.366 e. The van der Waals surface area contributed by atoms with Crippen molar-refractivity contribution < 1.29 is 5.95 Å². The molecular weight excluding hydrogens is 130 g/mol. The Morgan fingerprint density at radius 3 is 2.71 bits per heavy atom. The Balaban J connectivity index is 0. The maximum Gasteiger partial charge on any atom is 0.0502 e. The molecule has 0 aromatic rings. The van der Waals surface area contributed by atoms with Gasteiger partial charge in [-0.05, 0) is 12.8 Å². The number of alkyl halides is 1. The van der Waals surface area contributed by atoms with Crippen LogP contribution in [0.25, 0.3) is 0 Å². The molecular formula is C4H12ClOP. The van der Waals surface area contributed by atoms with E-state index in [0.717, 1.165) is 25.3 Å². The van der Waals surface area contributed by atoms with Gasteiger partial charge in [-0.3, -0.25) is 0 Å². The van der Waals surface area contributed by atoms with E-state index >= 15 is 0 Å². The molecule has 0 N–H and O–H groups in total. The van der Waals surface area contributed by atoms with Crippen molar-refractivity contribution in [2.24, 2.45) is 0 Å². The molecule has 0 rings (SSSR count). The Hall–Kier alpha value is 0.680. The van der Waals surface area contributed by atoms with Gasteiger partial charge in [0.2, 0.25) is 0 Å². The van der Waals surface area contributed by atoms with Crippen molar-refractivity contribution in [3.8, 4) is 0 Å². The second kappa shape index (κ2) is 6.68. The summed E-state index contributed by atoms with van der Waals surface area (Å²) >= 11 is 5.37. The number of rotatable bonds is 4. The van der Waals surface area contributed by atoms with Crippen LogP contribution in [0, 0.1) is 0 Å². The molecule has 0 saturated heterocycles. The summed E-state index contributed by atoms with van der Waals surface area (Å²) in [6.45, 7) is 0.803. The highest BCUT2D eigenvalue weighted by atomic mass is 35.5. The van der Waals surface area contributed by atoms with Crippen molar-refractivity contribution in [1.82, 2.24) is 0 Å². The highest BCUT2D eigenvalue weighted by Gasteiger charge is 1.81. The van der Waals surface area contributed by atoms with Crippen molar-refractivity contribution in [3.63, 3.8) is 0 Å². The summed E-state index contributed by atoms with van der Waals surface area (Å²) in [6, 6.07) is 0. The van der Waals surface area contributed by atoms with Crippen molar-refractivity contribution in [1.29, 1.82) is 0 Å². The zero-order valence-electron chi connectivity index (χ0n) is 4.19. The van der Waals surface area contributed by atoms with Crippen LogP contribution in [0.2, 0.25) is 0 Å². The highest BCUT2D eigenvalue weighted by Crippen LogP contribution is 1.94. The highest BCUT2D eigenvalue weighted by molar-refractivity contribution is 7.09. The first-order chi connectivity index (χ1) is 3.41. The molecule has 0 aromatic heterocycles. The molecule has 0 aliphatic heterocycles. The van der Waals surface area contributed by atoms with E-state index < -0.39 is 0 Å². The summed E-state index contributed by atoms with van der Waals surface area (Å²) < 4.78 is 4.70. The minimum absolute atomic E-state index is 0. The predicted molar refractivity (Wildman–Crippen MR) is 37.7 cm³/mol. The molecule has 1 unspecified atom stereocenters. The fourth-order valence-electron chi connectivity index (χ4n) is 0.280. The van der Waals surface area contributed by atoms with Crippen LogP contribution < -0.4 is 0 Å². The predicted octanol–water partition coefficient (Wildman–Crippen LogP) is 2.06. The average molecular weight is 145 g/mol. The number of hydrogen-bond donors (Lipinski definition) is 0. The lowest BCUT2D eigenvalue weighted by Gasteiger charge is -1.91. The Bertz CT molecular complexity index is 35.2. The van der Waals surface area contributed by atoms with Gasteiger partial charge in [0.15, 0.2) is 0 Å². The van der Waals surface area contributed by atoms with Gasteiger partial charge >= 0.3 is 0 Å². The van der Waals surface area contributed by atoms with Gasteiger partial charge in [0.05, 0.1) is 6.61 Å². The lowest BCUT2D eigenvalue weighted by Crippen LogP contribution is -1.83. The van der Waals surface area contributed by atoms with Gasteiger partial charge in [0, 0.05) is 16.8 Å². The first kappa shape index (κ1) is 7.68. The fraction of sp³-hybridized carbons (Fsp3) is 1.00. The first-order valence-corrected chi connectivity index (χ1v) is 3.30. The monoisotopic (exact) mass is 144 g/mol. The van der Waals surface area contributed by atoms with Crippen molar-refractivity contribution in [2.45, 2.75) is 12.8 Å². The largest absolute Gasteiger partial charge is 0.366 e. The standard InChI is InChI=1S/C4H10ClOP.H2/c5-3-1-2-4-6-7;/h1-4,7H2;1H/i;1+2. The average Bonchev–Trinajstić information content (AvgIpc) is 1.69. The maximum atomic E-state index is 5.37. The van der Waals surface area contributed by atoms with E-state index in [-0.39, 0.29) is 1.43 Å². The minimum atomic E-state index is 0. The van der Waals surface area contributed by atoms with Crippen LogP contribution in [0.4, 0.5) is 0 Å². The van der Waals surface area contributed by atoms with E-state index in [2.05, 4.69) is 9.47 Å². The molecule has 0 radical (unpaired) electrons. The van der Waals surface area contributed by atoms with E-state index in [1.165, 1.54) is 0 Å². The number of unbranched alkanes of at least 4 members (excludes halogenated alkanes) is 1. The fourth-order valence-corrected chi connectivity index (χ4v) is 0.636. The second-order valence-electron chi connectivity index (χ2n) is 1.27. The molecule has 1 nitrogen and oxygen atoms in total. The third kappa shape index (κ3) is 6.68. The number of halogens is 1. The lowest BCUT2D eigenvalue weighted by atomic mass is 10.4. The summed E-state index contributed by atoms with van der Waals surface area (Å²) in [5.74, 6) is 0.744. The summed E-state index contributed by atoms with van der Waals surface area (Å²) in [6.07, 6.45) is 2.11. The van der Waals surface area contributed by atoms with E-state index in [0.29, 0.717) is 0 Å².